The molecular weight excluding hydrogens is 276 g/mol. The molecule has 0 N–H and O–H groups in total. The highest BCUT2D eigenvalue weighted by atomic mass is 14.3. The third kappa shape index (κ3) is 2.45. The van der Waals surface area contributed by atoms with Gasteiger partial charge in [-0.25, -0.2) is 0 Å². The zero-order valence-corrected chi connectivity index (χ0v) is 14.5. The van der Waals surface area contributed by atoms with E-state index in [0.717, 1.165) is 11.8 Å². The maximum Gasteiger partial charge on any atom is -0.0102 e. The smallest absolute Gasteiger partial charge is 0.0102 e. The van der Waals surface area contributed by atoms with E-state index < -0.39 is 0 Å². The third-order valence-corrected chi connectivity index (χ3v) is 5.64. The molecule has 0 bridgehead atoms. The first-order chi connectivity index (χ1) is 11.1. The molecule has 4 rings (SSSR count). The van der Waals surface area contributed by atoms with Crippen molar-refractivity contribution < 1.29 is 0 Å². The maximum atomic E-state index is 2.44. The Hall–Kier alpha value is -1.82. The topological polar surface area (TPSA) is 0 Å². The van der Waals surface area contributed by atoms with Gasteiger partial charge in [0.05, 0.1) is 0 Å². The van der Waals surface area contributed by atoms with Crippen molar-refractivity contribution in [3.05, 3.63) is 59.7 Å². The lowest BCUT2D eigenvalue weighted by molar-refractivity contribution is 0.427. The van der Waals surface area contributed by atoms with Crippen molar-refractivity contribution >= 4 is 21.5 Å². The normalized spacial score (nSPS) is 21.0. The minimum Gasteiger partial charge on any atom is -0.0628 e. The third-order valence-electron chi connectivity index (χ3n) is 5.64. The molecule has 118 valence electrons. The van der Waals surface area contributed by atoms with Crippen molar-refractivity contribution in [3.8, 4) is 0 Å². The summed E-state index contributed by atoms with van der Waals surface area (Å²) >= 11 is 0. The molecule has 0 saturated heterocycles. The van der Waals surface area contributed by atoms with E-state index in [1.165, 1.54) is 40.8 Å². The highest BCUT2D eigenvalue weighted by Crippen LogP contribution is 2.45. The predicted octanol–water partition coefficient (Wildman–Crippen LogP) is 7.02. The summed E-state index contributed by atoms with van der Waals surface area (Å²) in [6, 6.07) is 18.3. The second-order valence-electron chi connectivity index (χ2n) is 7.76. The Kier molecular flexibility index (Phi) is 3.64. The summed E-state index contributed by atoms with van der Waals surface area (Å²) < 4.78 is 0. The molecule has 0 spiro atoms. The SMILES string of the molecule is CC(C)CC1CCC(C)c2c1ccc1c2ccc2ccccc21. The number of fused-ring (bicyclic) bond motifs is 5. The Morgan fingerprint density at radius 1 is 0.870 bits per heavy atom. The molecule has 0 heterocycles. The lowest BCUT2D eigenvalue weighted by Gasteiger charge is -2.32. The van der Waals surface area contributed by atoms with Crippen molar-refractivity contribution in [3.63, 3.8) is 0 Å². The van der Waals surface area contributed by atoms with Crippen molar-refractivity contribution in [2.75, 3.05) is 0 Å². The highest BCUT2D eigenvalue weighted by Gasteiger charge is 2.27. The number of rotatable bonds is 2. The minimum absolute atomic E-state index is 0.679. The second-order valence-corrected chi connectivity index (χ2v) is 7.76. The van der Waals surface area contributed by atoms with Crippen LogP contribution in [0.1, 0.15) is 63.0 Å². The van der Waals surface area contributed by atoms with E-state index in [9.17, 15) is 0 Å². The molecule has 2 unspecified atom stereocenters. The van der Waals surface area contributed by atoms with Crippen LogP contribution in [0.5, 0.6) is 0 Å². The van der Waals surface area contributed by atoms with Crippen LogP contribution < -0.4 is 0 Å². The van der Waals surface area contributed by atoms with E-state index in [1.807, 2.05) is 0 Å². The van der Waals surface area contributed by atoms with Gasteiger partial charge >= 0.3 is 0 Å². The zero-order chi connectivity index (χ0) is 16.0. The maximum absolute atomic E-state index is 2.44. The van der Waals surface area contributed by atoms with Crippen LogP contribution in [0.3, 0.4) is 0 Å². The molecule has 1 aliphatic rings. The summed E-state index contributed by atoms with van der Waals surface area (Å²) in [5.41, 5.74) is 3.25. The Labute approximate surface area is 139 Å². The predicted molar refractivity (Wildman–Crippen MR) is 101 cm³/mol. The van der Waals surface area contributed by atoms with Gasteiger partial charge in [-0.2, -0.15) is 0 Å². The fourth-order valence-corrected chi connectivity index (χ4v) is 4.60. The van der Waals surface area contributed by atoms with Gasteiger partial charge in [0.1, 0.15) is 0 Å². The van der Waals surface area contributed by atoms with Gasteiger partial charge in [0.15, 0.2) is 0 Å². The summed E-state index contributed by atoms with van der Waals surface area (Å²) in [4.78, 5) is 0. The van der Waals surface area contributed by atoms with Crippen molar-refractivity contribution in [2.45, 2.75) is 51.9 Å². The Balaban J connectivity index is 1.98. The first kappa shape index (κ1) is 14.8. The molecule has 0 aromatic heterocycles. The van der Waals surface area contributed by atoms with E-state index in [4.69, 9.17) is 0 Å². The van der Waals surface area contributed by atoms with Crippen LogP contribution >= 0.6 is 0 Å². The lowest BCUT2D eigenvalue weighted by Crippen LogP contribution is -2.15. The van der Waals surface area contributed by atoms with Crippen LogP contribution in [0.4, 0.5) is 0 Å². The van der Waals surface area contributed by atoms with Crippen molar-refractivity contribution in [2.24, 2.45) is 5.92 Å². The summed E-state index contributed by atoms with van der Waals surface area (Å²) in [5, 5.41) is 5.66. The summed E-state index contributed by atoms with van der Waals surface area (Å²) in [7, 11) is 0. The van der Waals surface area contributed by atoms with Crippen molar-refractivity contribution in [1.29, 1.82) is 0 Å². The van der Waals surface area contributed by atoms with Gasteiger partial charge < -0.3 is 0 Å². The van der Waals surface area contributed by atoms with E-state index >= 15 is 0 Å². The lowest BCUT2D eigenvalue weighted by atomic mass is 9.73. The molecule has 3 aromatic rings. The highest BCUT2D eigenvalue weighted by molar-refractivity contribution is 6.08. The zero-order valence-electron chi connectivity index (χ0n) is 14.5. The molecule has 0 heteroatoms. The van der Waals surface area contributed by atoms with Crippen LogP contribution in [-0.4, -0.2) is 0 Å². The summed E-state index contributed by atoms with van der Waals surface area (Å²) in [6.45, 7) is 7.12. The molecule has 1 aliphatic carbocycles. The molecule has 0 nitrogen and oxygen atoms in total. The molecule has 0 fully saturated rings. The standard InChI is InChI=1S/C23H26/c1-15(2)14-18-9-8-16(3)23-20(18)12-13-21-19-7-5-4-6-17(19)10-11-22(21)23/h4-7,10-13,15-16,18H,8-9,14H2,1-3H3. The fraction of sp³-hybridized carbons (Fsp3) is 0.391. The Bertz CT molecular complexity index is 856. The minimum atomic E-state index is 0.679. The molecule has 2 atom stereocenters. The van der Waals surface area contributed by atoms with Crippen LogP contribution in [0, 0.1) is 5.92 Å². The van der Waals surface area contributed by atoms with E-state index in [2.05, 4.69) is 69.3 Å². The molecule has 0 radical (unpaired) electrons. The number of benzene rings is 3. The van der Waals surface area contributed by atoms with E-state index in [-0.39, 0.29) is 0 Å². The molecule has 0 aliphatic heterocycles. The van der Waals surface area contributed by atoms with Crippen LogP contribution in [0.2, 0.25) is 0 Å². The van der Waals surface area contributed by atoms with E-state index in [0.29, 0.717) is 5.92 Å². The Morgan fingerprint density at radius 2 is 1.65 bits per heavy atom. The monoisotopic (exact) mass is 302 g/mol. The molecule has 0 amide bonds. The second kappa shape index (κ2) is 5.67. The largest absolute Gasteiger partial charge is 0.0628 e. The fourth-order valence-electron chi connectivity index (χ4n) is 4.60. The molecule has 0 saturated carbocycles. The number of hydrogen-bond acceptors (Lipinski definition) is 0. The van der Waals surface area contributed by atoms with Crippen LogP contribution in [-0.2, 0) is 0 Å². The van der Waals surface area contributed by atoms with Crippen molar-refractivity contribution in [1.82, 2.24) is 0 Å². The molecular formula is C23H26. The van der Waals surface area contributed by atoms with Gasteiger partial charge in [-0.15, -0.1) is 0 Å². The summed E-state index contributed by atoms with van der Waals surface area (Å²) in [6.07, 6.45) is 4.00. The quantitative estimate of drug-likeness (QED) is 0.446. The van der Waals surface area contributed by atoms with Gasteiger partial charge in [-0.1, -0.05) is 69.3 Å². The average Bonchev–Trinajstić information content (AvgIpc) is 2.56. The summed E-state index contributed by atoms with van der Waals surface area (Å²) in [5.74, 6) is 2.20. The first-order valence-corrected chi connectivity index (χ1v) is 9.09. The average molecular weight is 302 g/mol. The van der Waals surface area contributed by atoms with Gasteiger partial charge in [-0.3, -0.25) is 0 Å². The molecule has 23 heavy (non-hydrogen) atoms. The number of hydrogen-bond donors (Lipinski definition) is 0. The van der Waals surface area contributed by atoms with E-state index in [1.54, 1.807) is 11.1 Å². The van der Waals surface area contributed by atoms with Crippen LogP contribution in [0.25, 0.3) is 21.5 Å². The Morgan fingerprint density at radius 3 is 2.48 bits per heavy atom. The van der Waals surface area contributed by atoms with Gasteiger partial charge in [-0.05, 0) is 69.7 Å². The first-order valence-electron chi connectivity index (χ1n) is 9.09. The van der Waals surface area contributed by atoms with Gasteiger partial charge in [0.2, 0.25) is 0 Å². The van der Waals surface area contributed by atoms with Gasteiger partial charge in [0, 0.05) is 0 Å². The molecule has 3 aromatic carbocycles. The van der Waals surface area contributed by atoms with Crippen LogP contribution in [0.15, 0.2) is 48.5 Å². The van der Waals surface area contributed by atoms with Gasteiger partial charge in [0.25, 0.3) is 0 Å².